The van der Waals surface area contributed by atoms with Crippen molar-refractivity contribution in [1.82, 2.24) is 10.2 Å². The van der Waals surface area contributed by atoms with E-state index in [9.17, 15) is 13.2 Å². The monoisotopic (exact) mass is 497 g/mol. The fourth-order valence-corrected chi connectivity index (χ4v) is 5.71. The first-order valence-electron chi connectivity index (χ1n) is 10.7. The number of anilines is 1. The molecular formula is C23H29Cl2N3O3S. The van der Waals surface area contributed by atoms with Gasteiger partial charge in [0, 0.05) is 23.1 Å². The van der Waals surface area contributed by atoms with Crippen molar-refractivity contribution < 1.29 is 13.2 Å². The fourth-order valence-electron chi connectivity index (χ4n) is 4.00. The van der Waals surface area contributed by atoms with Gasteiger partial charge in [-0.2, -0.15) is 0 Å². The summed E-state index contributed by atoms with van der Waals surface area (Å²) < 4.78 is 26.2. The van der Waals surface area contributed by atoms with Gasteiger partial charge in [0.2, 0.25) is 15.9 Å². The van der Waals surface area contributed by atoms with E-state index in [0.717, 1.165) is 35.8 Å². The second kappa shape index (κ2) is 10.9. The number of amides is 1. The molecule has 0 aromatic heterocycles. The smallest absolute Gasteiger partial charge is 0.244 e. The highest BCUT2D eigenvalue weighted by Crippen LogP contribution is 2.29. The maximum Gasteiger partial charge on any atom is 0.244 e. The van der Waals surface area contributed by atoms with Crippen molar-refractivity contribution in [1.29, 1.82) is 0 Å². The summed E-state index contributed by atoms with van der Waals surface area (Å²) >= 11 is 12.1. The Hall–Kier alpha value is -1.80. The lowest BCUT2D eigenvalue weighted by atomic mass is 10.1. The van der Waals surface area contributed by atoms with Gasteiger partial charge in [-0.25, -0.2) is 8.42 Å². The zero-order valence-electron chi connectivity index (χ0n) is 18.4. The highest BCUT2D eigenvalue weighted by atomic mass is 35.5. The van der Waals surface area contributed by atoms with Crippen molar-refractivity contribution in [2.75, 3.05) is 23.7 Å². The number of nitrogens with zero attached hydrogens (tertiary/aromatic N) is 2. The Morgan fingerprint density at radius 1 is 1.06 bits per heavy atom. The molecule has 174 valence electrons. The maximum absolute atomic E-state index is 13.0. The van der Waals surface area contributed by atoms with Crippen LogP contribution in [0.25, 0.3) is 0 Å². The predicted octanol–water partition coefficient (Wildman–Crippen LogP) is 4.45. The standard InChI is InChI=1S/C23H29Cl2N3O3S/c1-3-22(28(32(2,30)31)21-13-19(24)12-20(25)14-21)23(29)26-15-17-6-8-18(9-7-17)16-27-10-4-5-11-27/h6-9,12-14,22H,3-5,10-11,15-16H2,1-2H3,(H,26,29). The lowest BCUT2D eigenvalue weighted by Gasteiger charge is -2.30. The van der Waals surface area contributed by atoms with E-state index in [2.05, 4.69) is 22.3 Å². The summed E-state index contributed by atoms with van der Waals surface area (Å²) in [6, 6.07) is 11.7. The molecule has 1 fully saturated rings. The zero-order chi connectivity index (χ0) is 23.3. The van der Waals surface area contributed by atoms with E-state index in [1.165, 1.54) is 36.6 Å². The summed E-state index contributed by atoms with van der Waals surface area (Å²) in [7, 11) is -3.76. The Bertz CT molecular complexity index is 1020. The molecule has 1 aliphatic heterocycles. The third-order valence-corrected chi connectivity index (χ3v) is 7.14. The third kappa shape index (κ3) is 6.61. The third-order valence-electron chi connectivity index (χ3n) is 5.53. The average molecular weight is 498 g/mol. The topological polar surface area (TPSA) is 69.7 Å². The number of benzene rings is 2. The quantitative estimate of drug-likeness (QED) is 0.555. The number of hydrogen-bond donors (Lipinski definition) is 1. The minimum Gasteiger partial charge on any atom is -0.350 e. The molecule has 2 aromatic carbocycles. The summed E-state index contributed by atoms with van der Waals surface area (Å²) in [5, 5.41) is 3.47. The first-order valence-corrected chi connectivity index (χ1v) is 13.3. The molecule has 32 heavy (non-hydrogen) atoms. The molecule has 1 saturated heterocycles. The molecule has 1 aliphatic rings. The van der Waals surface area contributed by atoms with Crippen LogP contribution in [0.4, 0.5) is 5.69 Å². The molecule has 0 spiro atoms. The molecule has 2 aromatic rings. The van der Waals surface area contributed by atoms with Crippen LogP contribution in [-0.2, 0) is 27.9 Å². The van der Waals surface area contributed by atoms with E-state index in [1.54, 1.807) is 6.92 Å². The summed E-state index contributed by atoms with van der Waals surface area (Å²) in [5.41, 5.74) is 2.46. The number of halogens is 2. The number of hydrogen-bond acceptors (Lipinski definition) is 4. The van der Waals surface area contributed by atoms with Gasteiger partial charge in [0.1, 0.15) is 6.04 Å². The van der Waals surface area contributed by atoms with Gasteiger partial charge in [-0.05, 0) is 61.7 Å². The Morgan fingerprint density at radius 2 is 1.62 bits per heavy atom. The van der Waals surface area contributed by atoms with Gasteiger partial charge in [-0.1, -0.05) is 54.4 Å². The number of rotatable bonds is 9. The van der Waals surface area contributed by atoms with Crippen LogP contribution in [0, 0.1) is 0 Å². The van der Waals surface area contributed by atoms with Crippen molar-refractivity contribution in [3.63, 3.8) is 0 Å². The van der Waals surface area contributed by atoms with E-state index in [0.29, 0.717) is 16.6 Å². The van der Waals surface area contributed by atoms with Gasteiger partial charge >= 0.3 is 0 Å². The first-order chi connectivity index (χ1) is 15.2. The largest absolute Gasteiger partial charge is 0.350 e. The van der Waals surface area contributed by atoms with E-state index in [1.807, 2.05) is 12.1 Å². The molecule has 0 radical (unpaired) electrons. The maximum atomic E-state index is 13.0. The van der Waals surface area contributed by atoms with Crippen LogP contribution in [0.15, 0.2) is 42.5 Å². The Balaban J connectivity index is 1.69. The molecule has 3 rings (SSSR count). The Morgan fingerprint density at radius 3 is 2.16 bits per heavy atom. The van der Waals surface area contributed by atoms with Crippen LogP contribution in [0.2, 0.25) is 10.0 Å². The molecule has 6 nitrogen and oxygen atoms in total. The predicted molar refractivity (Wildman–Crippen MR) is 131 cm³/mol. The van der Waals surface area contributed by atoms with Gasteiger partial charge in [-0.15, -0.1) is 0 Å². The van der Waals surface area contributed by atoms with E-state index >= 15 is 0 Å². The number of carbonyl (C=O) groups is 1. The molecule has 1 amide bonds. The number of nitrogens with one attached hydrogen (secondary N) is 1. The number of carbonyl (C=O) groups excluding carboxylic acids is 1. The molecule has 0 aliphatic carbocycles. The lowest BCUT2D eigenvalue weighted by Crippen LogP contribution is -2.49. The molecule has 1 unspecified atom stereocenters. The van der Waals surface area contributed by atoms with Gasteiger partial charge < -0.3 is 5.32 Å². The molecular weight excluding hydrogens is 469 g/mol. The van der Waals surface area contributed by atoms with Crippen molar-refractivity contribution >= 4 is 44.8 Å². The van der Waals surface area contributed by atoms with Gasteiger partial charge in [0.05, 0.1) is 11.9 Å². The molecule has 0 bridgehead atoms. The second-order valence-corrected chi connectivity index (χ2v) is 10.9. The zero-order valence-corrected chi connectivity index (χ0v) is 20.7. The van der Waals surface area contributed by atoms with E-state index in [4.69, 9.17) is 23.2 Å². The summed E-state index contributed by atoms with van der Waals surface area (Å²) in [6.07, 6.45) is 3.87. The molecule has 1 heterocycles. The summed E-state index contributed by atoms with van der Waals surface area (Å²) in [5.74, 6) is -0.379. The molecule has 1 atom stereocenters. The van der Waals surface area contributed by atoms with Crippen LogP contribution < -0.4 is 9.62 Å². The van der Waals surface area contributed by atoms with Crippen LogP contribution in [0.5, 0.6) is 0 Å². The molecule has 0 saturated carbocycles. The van der Waals surface area contributed by atoms with Crippen molar-refractivity contribution in [2.45, 2.75) is 45.3 Å². The van der Waals surface area contributed by atoms with E-state index in [-0.39, 0.29) is 18.0 Å². The number of likely N-dealkylation sites (tertiary alicyclic amines) is 1. The Labute approximate surface area is 200 Å². The van der Waals surface area contributed by atoms with Crippen LogP contribution in [0.1, 0.15) is 37.3 Å². The van der Waals surface area contributed by atoms with Crippen LogP contribution in [-0.4, -0.2) is 44.6 Å². The fraction of sp³-hybridized carbons (Fsp3) is 0.435. The van der Waals surface area contributed by atoms with Crippen LogP contribution in [0.3, 0.4) is 0 Å². The molecule has 9 heteroatoms. The van der Waals surface area contributed by atoms with Gasteiger partial charge in [0.15, 0.2) is 0 Å². The minimum absolute atomic E-state index is 0.262. The highest BCUT2D eigenvalue weighted by molar-refractivity contribution is 7.92. The summed E-state index contributed by atoms with van der Waals surface area (Å²) in [4.78, 5) is 15.4. The number of sulfonamides is 1. The second-order valence-electron chi connectivity index (χ2n) is 8.13. The van der Waals surface area contributed by atoms with Gasteiger partial charge in [-0.3, -0.25) is 14.0 Å². The van der Waals surface area contributed by atoms with Crippen molar-refractivity contribution in [3.8, 4) is 0 Å². The van der Waals surface area contributed by atoms with Gasteiger partial charge in [0.25, 0.3) is 0 Å². The van der Waals surface area contributed by atoms with E-state index < -0.39 is 16.1 Å². The van der Waals surface area contributed by atoms with Crippen molar-refractivity contribution in [2.24, 2.45) is 0 Å². The van der Waals surface area contributed by atoms with Crippen LogP contribution >= 0.6 is 23.2 Å². The molecule has 1 N–H and O–H groups in total. The highest BCUT2D eigenvalue weighted by Gasteiger charge is 2.31. The van der Waals surface area contributed by atoms with Crippen molar-refractivity contribution in [3.05, 3.63) is 63.6 Å². The average Bonchev–Trinajstić information content (AvgIpc) is 3.22. The normalized spacial score (nSPS) is 15.5. The first kappa shape index (κ1) is 24.8. The Kier molecular flexibility index (Phi) is 8.44. The lowest BCUT2D eigenvalue weighted by molar-refractivity contribution is -0.122. The minimum atomic E-state index is -3.76. The SMILES string of the molecule is CCC(C(=O)NCc1ccc(CN2CCCC2)cc1)N(c1cc(Cl)cc(Cl)c1)S(C)(=O)=O. The summed E-state index contributed by atoms with van der Waals surface area (Å²) in [6.45, 7) is 5.31.